The van der Waals surface area contributed by atoms with Crippen molar-refractivity contribution in [2.75, 3.05) is 18.0 Å². The molecule has 6 heteroatoms. The van der Waals surface area contributed by atoms with Crippen LogP contribution in [0.4, 0.5) is 5.69 Å². The molecule has 0 radical (unpaired) electrons. The van der Waals surface area contributed by atoms with E-state index in [9.17, 15) is 4.79 Å². The van der Waals surface area contributed by atoms with Crippen molar-refractivity contribution < 1.29 is 9.53 Å². The summed E-state index contributed by atoms with van der Waals surface area (Å²) >= 11 is 1.72. The van der Waals surface area contributed by atoms with Gasteiger partial charge in [-0.15, -0.1) is 10.2 Å². The highest BCUT2D eigenvalue weighted by Crippen LogP contribution is 2.38. The smallest absolute Gasteiger partial charge is 0.147 e. The Hall–Kier alpha value is -1.79. The molecule has 1 aromatic carbocycles. The first-order valence-electron chi connectivity index (χ1n) is 12.6. The first-order valence-corrected chi connectivity index (χ1v) is 13.4. The number of aromatic nitrogens is 2. The van der Waals surface area contributed by atoms with E-state index in [-0.39, 0.29) is 5.92 Å². The molecule has 2 aromatic rings. The van der Waals surface area contributed by atoms with Crippen LogP contribution in [-0.4, -0.2) is 41.8 Å². The van der Waals surface area contributed by atoms with Crippen LogP contribution in [0.1, 0.15) is 81.6 Å². The maximum Gasteiger partial charge on any atom is 0.147 e. The number of ether oxygens (including phenoxy) is 1. The lowest BCUT2D eigenvalue weighted by Crippen LogP contribution is -2.38. The number of rotatable bonds is 6. The monoisotopic (exact) mass is 453 g/mol. The van der Waals surface area contributed by atoms with E-state index in [1.54, 1.807) is 11.3 Å². The molecule has 2 saturated carbocycles. The summed E-state index contributed by atoms with van der Waals surface area (Å²) in [5, 5.41) is 11.1. The zero-order valence-corrected chi connectivity index (χ0v) is 19.8. The lowest BCUT2D eigenvalue weighted by molar-refractivity contribution is -0.111. The van der Waals surface area contributed by atoms with Crippen LogP contribution in [0.5, 0.6) is 0 Å². The summed E-state index contributed by atoms with van der Waals surface area (Å²) in [5.41, 5.74) is 2.44. The van der Waals surface area contributed by atoms with Gasteiger partial charge in [0.05, 0.1) is 12.2 Å². The van der Waals surface area contributed by atoms with Crippen molar-refractivity contribution in [1.29, 1.82) is 0 Å². The molecule has 0 atom stereocenters. The lowest BCUT2D eigenvalue weighted by atomic mass is 9.83. The molecular weight excluding hydrogens is 418 g/mol. The minimum atomic E-state index is 0.245. The molecule has 2 aliphatic carbocycles. The third-order valence-corrected chi connectivity index (χ3v) is 8.75. The van der Waals surface area contributed by atoms with Crippen LogP contribution in [0.3, 0.4) is 0 Å². The van der Waals surface area contributed by atoms with Crippen molar-refractivity contribution >= 4 is 23.3 Å². The number of nitrogens with zero attached hydrogens (tertiary/aromatic N) is 3. The van der Waals surface area contributed by atoms with E-state index < -0.39 is 0 Å². The van der Waals surface area contributed by atoms with Crippen molar-refractivity contribution in [1.82, 2.24) is 10.2 Å². The van der Waals surface area contributed by atoms with Gasteiger partial charge in [-0.3, -0.25) is 0 Å². The number of piperidine rings is 1. The molecule has 2 heterocycles. The Morgan fingerprint density at radius 1 is 0.844 bits per heavy atom. The number of hydrogen-bond acceptors (Lipinski definition) is 6. The molecule has 5 nitrogen and oxygen atoms in total. The predicted octanol–water partition coefficient (Wildman–Crippen LogP) is 6.00. The normalized spacial score (nSPS) is 25.7. The average Bonchev–Trinajstić information content (AvgIpc) is 3.36. The second-order valence-corrected chi connectivity index (χ2v) is 10.8. The Labute approximate surface area is 195 Å². The Morgan fingerprint density at radius 2 is 1.53 bits per heavy atom. The van der Waals surface area contributed by atoms with Crippen LogP contribution >= 0.6 is 11.3 Å². The van der Waals surface area contributed by atoms with E-state index in [4.69, 9.17) is 4.74 Å². The number of aldehydes is 1. The molecule has 32 heavy (non-hydrogen) atoms. The van der Waals surface area contributed by atoms with Gasteiger partial charge in [0.15, 0.2) is 0 Å². The molecule has 0 bridgehead atoms. The van der Waals surface area contributed by atoms with E-state index in [2.05, 4.69) is 39.4 Å². The van der Waals surface area contributed by atoms with Gasteiger partial charge < -0.3 is 14.4 Å². The summed E-state index contributed by atoms with van der Waals surface area (Å²) in [7, 11) is 0. The largest absolute Gasteiger partial charge is 0.375 e. The minimum Gasteiger partial charge on any atom is -0.375 e. The molecule has 0 N–H and O–H groups in total. The molecule has 0 spiro atoms. The van der Waals surface area contributed by atoms with E-state index in [1.165, 1.54) is 37.8 Å². The zero-order chi connectivity index (χ0) is 21.8. The van der Waals surface area contributed by atoms with Gasteiger partial charge in [0, 0.05) is 36.2 Å². The maximum absolute atomic E-state index is 11.0. The fourth-order valence-corrected chi connectivity index (χ4v) is 6.57. The SMILES string of the molecule is O=C[C@H]1CC[C@H](c2nnc(-c3ccc(N4CCC(OC5CCCCC5)CC4)cc3)s2)CC1. The predicted molar refractivity (Wildman–Crippen MR) is 129 cm³/mol. The molecule has 0 unspecified atom stereocenters. The van der Waals surface area contributed by atoms with Gasteiger partial charge in [0.1, 0.15) is 16.3 Å². The fraction of sp³-hybridized carbons (Fsp3) is 0.654. The van der Waals surface area contributed by atoms with Crippen LogP contribution in [-0.2, 0) is 9.53 Å². The van der Waals surface area contributed by atoms with Gasteiger partial charge in [-0.2, -0.15) is 0 Å². The highest BCUT2D eigenvalue weighted by Gasteiger charge is 2.26. The summed E-state index contributed by atoms with van der Waals surface area (Å²) in [5.74, 6) is 0.712. The second-order valence-electron chi connectivity index (χ2n) is 9.82. The van der Waals surface area contributed by atoms with Crippen LogP contribution in [0, 0.1) is 5.92 Å². The zero-order valence-electron chi connectivity index (χ0n) is 19.0. The second kappa shape index (κ2) is 10.4. The first-order chi connectivity index (χ1) is 15.8. The summed E-state index contributed by atoms with van der Waals surface area (Å²) < 4.78 is 6.40. The number of carbonyl (C=O) groups is 1. The van der Waals surface area contributed by atoms with Gasteiger partial charge >= 0.3 is 0 Å². The lowest BCUT2D eigenvalue weighted by Gasteiger charge is -2.36. The molecule has 3 fully saturated rings. The third-order valence-electron chi connectivity index (χ3n) is 7.61. The molecule has 0 amide bonds. The summed E-state index contributed by atoms with van der Waals surface area (Å²) in [4.78, 5) is 13.5. The van der Waals surface area contributed by atoms with Crippen LogP contribution in [0.2, 0.25) is 0 Å². The van der Waals surface area contributed by atoms with E-state index in [0.717, 1.165) is 73.5 Å². The highest BCUT2D eigenvalue weighted by molar-refractivity contribution is 7.14. The van der Waals surface area contributed by atoms with E-state index in [1.807, 2.05) is 0 Å². The average molecular weight is 454 g/mol. The van der Waals surface area contributed by atoms with Crippen LogP contribution in [0.15, 0.2) is 24.3 Å². The molecule has 1 aliphatic heterocycles. The molecule has 172 valence electrons. The fourth-order valence-electron chi connectivity index (χ4n) is 5.56. The molecule has 1 aromatic heterocycles. The Balaban J connectivity index is 1.14. The van der Waals surface area contributed by atoms with E-state index in [0.29, 0.717) is 18.1 Å². The first kappa shape index (κ1) is 22.0. The Bertz CT molecular complexity index is 861. The molecular formula is C26H35N3O2S. The van der Waals surface area contributed by atoms with Gasteiger partial charge in [0.25, 0.3) is 0 Å². The minimum absolute atomic E-state index is 0.245. The van der Waals surface area contributed by atoms with Crippen LogP contribution in [0.25, 0.3) is 10.6 Å². The van der Waals surface area contributed by atoms with Crippen molar-refractivity contribution in [2.24, 2.45) is 5.92 Å². The Kier molecular flexibility index (Phi) is 7.18. The third kappa shape index (κ3) is 5.23. The quantitative estimate of drug-likeness (QED) is 0.502. The summed E-state index contributed by atoms with van der Waals surface area (Å²) in [6.07, 6.45) is 15.0. The van der Waals surface area contributed by atoms with Gasteiger partial charge in [-0.25, -0.2) is 0 Å². The summed E-state index contributed by atoms with van der Waals surface area (Å²) in [6.45, 7) is 2.15. The van der Waals surface area contributed by atoms with Gasteiger partial charge in [-0.1, -0.05) is 30.6 Å². The van der Waals surface area contributed by atoms with Crippen molar-refractivity contribution in [2.45, 2.75) is 88.8 Å². The molecule has 5 rings (SSSR count). The highest BCUT2D eigenvalue weighted by atomic mass is 32.1. The summed E-state index contributed by atoms with van der Waals surface area (Å²) in [6, 6.07) is 8.84. The van der Waals surface area contributed by atoms with E-state index >= 15 is 0 Å². The van der Waals surface area contributed by atoms with Gasteiger partial charge in [0.2, 0.25) is 0 Å². The number of benzene rings is 1. The number of carbonyl (C=O) groups excluding carboxylic acids is 1. The van der Waals surface area contributed by atoms with Crippen molar-refractivity contribution in [3.8, 4) is 10.6 Å². The standard InChI is InChI=1S/C26H35N3O2S/c30-18-19-6-8-20(9-7-19)25-27-28-26(32-25)21-10-12-22(13-11-21)29-16-14-24(15-17-29)31-23-4-2-1-3-5-23/h10-13,18-20,23-24H,1-9,14-17H2/t19-,20-. The molecule has 3 aliphatic rings. The van der Waals surface area contributed by atoms with Crippen molar-refractivity contribution in [3.05, 3.63) is 29.3 Å². The number of hydrogen-bond donors (Lipinski definition) is 0. The number of anilines is 1. The Morgan fingerprint density at radius 3 is 2.22 bits per heavy atom. The van der Waals surface area contributed by atoms with Gasteiger partial charge in [-0.05, 0) is 75.6 Å². The van der Waals surface area contributed by atoms with Crippen molar-refractivity contribution in [3.63, 3.8) is 0 Å². The van der Waals surface area contributed by atoms with Crippen LogP contribution < -0.4 is 4.90 Å². The molecule has 1 saturated heterocycles. The topological polar surface area (TPSA) is 55.3 Å². The maximum atomic E-state index is 11.0.